The fourth-order valence-corrected chi connectivity index (χ4v) is 3.43. The van der Waals surface area contributed by atoms with Crippen LogP contribution in [-0.4, -0.2) is 52.8 Å². The monoisotopic (exact) mass is 369 g/mol. The van der Waals surface area contributed by atoms with Gasteiger partial charge in [-0.2, -0.15) is 0 Å². The summed E-state index contributed by atoms with van der Waals surface area (Å²) in [5, 5.41) is 4.02. The van der Waals surface area contributed by atoms with Gasteiger partial charge in [-0.05, 0) is 32.4 Å². The lowest BCUT2D eigenvalue weighted by Crippen LogP contribution is -2.48. The van der Waals surface area contributed by atoms with Crippen LogP contribution in [0.4, 0.5) is 0 Å². The van der Waals surface area contributed by atoms with Gasteiger partial charge in [-0.3, -0.25) is 14.5 Å². The Morgan fingerprint density at radius 2 is 1.78 bits per heavy atom. The number of hydrogen-bond acceptors (Lipinski definition) is 5. The van der Waals surface area contributed by atoms with E-state index in [2.05, 4.69) is 10.1 Å². The minimum absolute atomic E-state index is 0.0459. The first-order valence-electron chi connectivity index (χ1n) is 9.45. The van der Waals surface area contributed by atoms with Crippen molar-refractivity contribution in [2.24, 2.45) is 0 Å². The average molecular weight is 369 g/mol. The summed E-state index contributed by atoms with van der Waals surface area (Å²) in [5.74, 6) is 0.919. The second-order valence-corrected chi connectivity index (χ2v) is 7.33. The molecule has 0 radical (unpaired) electrons. The molecule has 144 valence electrons. The van der Waals surface area contributed by atoms with Crippen molar-refractivity contribution in [1.29, 1.82) is 0 Å². The van der Waals surface area contributed by atoms with Gasteiger partial charge in [0.05, 0.1) is 5.69 Å². The number of piperazine rings is 1. The largest absolute Gasteiger partial charge is 0.361 e. The van der Waals surface area contributed by atoms with E-state index in [1.807, 2.05) is 49.9 Å². The van der Waals surface area contributed by atoms with Crippen LogP contribution < -0.4 is 0 Å². The topological polar surface area (TPSA) is 66.7 Å². The molecule has 1 aliphatic heterocycles. The van der Waals surface area contributed by atoms with Crippen molar-refractivity contribution in [2.45, 2.75) is 40.2 Å². The molecule has 0 N–H and O–H groups in total. The first-order valence-corrected chi connectivity index (χ1v) is 9.45. The van der Waals surface area contributed by atoms with Gasteiger partial charge in [0.2, 0.25) is 5.91 Å². The Balaban J connectivity index is 1.45. The van der Waals surface area contributed by atoms with Gasteiger partial charge in [0.1, 0.15) is 5.76 Å². The molecule has 0 unspecified atom stereocenters. The molecule has 1 saturated heterocycles. The molecule has 0 aliphatic carbocycles. The van der Waals surface area contributed by atoms with Gasteiger partial charge in [0, 0.05) is 57.2 Å². The normalized spacial score (nSPS) is 15.1. The highest BCUT2D eigenvalue weighted by Crippen LogP contribution is 2.15. The predicted octanol–water partition coefficient (Wildman–Crippen LogP) is 2.91. The van der Waals surface area contributed by atoms with E-state index in [1.54, 1.807) is 0 Å². The number of ketones is 1. The summed E-state index contributed by atoms with van der Waals surface area (Å²) in [5.41, 5.74) is 3.69. The number of carbonyl (C=O) groups excluding carboxylic acids is 2. The zero-order valence-electron chi connectivity index (χ0n) is 16.3. The number of aryl methyl sites for hydroxylation is 3. The van der Waals surface area contributed by atoms with E-state index in [4.69, 9.17) is 4.52 Å². The predicted molar refractivity (Wildman–Crippen MR) is 103 cm³/mol. The third kappa shape index (κ3) is 5.04. The summed E-state index contributed by atoms with van der Waals surface area (Å²) in [4.78, 5) is 29.1. The van der Waals surface area contributed by atoms with Crippen LogP contribution in [-0.2, 0) is 11.3 Å². The van der Waals surface area contributed by atoms with E-state index in [-0.39, 0.29) is 24.5 Å². The van der Waals surface area contributed by atoms with Crippen LogP contribution in [0.15, 0.2) is 28.8 Å². The summed E-state index contributed by atoms with van der Waals surface area (Å²) in [6, 6.07) is 7.81. The Bertz CT molecular complexity index is 820. The quantitative estimate of drug-likeness (QED) is 0.733. The highest BCUT2D eigenvalue weighted by atomic mass is 16.5. The maximum absolute atomic E-state index is 12.5. The maximum atomic E-state index is 12.5. The first-order chi connectivity index (χ1) is 12.9. The van der Waals surface area contributed by atoms with Crippen LogP contribution >= 0.6 is 0 Å². The lowest BCUT2D eigenvalue weighted by Gasteiger charge is -2.34. The molecule has 2 heterocycles. The Morgan fingerprint density at radius 1 is 1.04 bits per heavy atom. The molecule has 6 heteroatoms. The number of aromatic nitrogens is 1. The highest BCUT2D eigenvalue weighted by molar-refractivity contribution is 5.99. The van der Waals surface area contributed by atoms with Crippen molar-refractivity contribution in [3.63, 3.8) is 0 Å². The molecule has 1 aromatic carbocycles. The molecular weight excluding hydrogens is 342 g/mol. The molecule has 1 fully saturated rings. The molecule has 6 nitrogen and oxygen atoms in total. The Hall–Kier alpha value is -2.47. The van der Waals surface area contributed by atoms with E-state index in [9.17, 15) is 9.59 Å². The number of hydrogen-bond donors (Lipinski definition) is 0. The summed E-state index contributed by atoms with van der Waals surface area (Å²) in [6.45, 7) is 9.52. The second kappa shape index (κ2) is 8.48. The van der Waals surface area contributed by atoms with Crippen molar-refractivity contribution in [3.05, 3.63) is 52.4 Å². The van der Waals surface area contributed by atoms with Crippen LogP contribution in [0.2, 0.25) is 0 Å². The third-order valence-corrected chi connectivity index (χ3v) is 5.05. The SMILES string of the molecule is Cc1ccc(C)c(C(=O)CCC(=O)N2CCN(Cc3cc(C)on3)CC2)c1. The van der Waals surface area contributed by atoms with Crippen LogP contribution in [0.3, 0.4) is 0 Å². The zero-order valence-corrected chi connectivity index (χ0v) is 16.3. The van der Waals surface area contributed by atoms with Gasteiger partial charge in [-0.15, -0.1) is 0 Å². The highest BCUT2D eigenvalue weighted by Gasteiger charge is 2.22. The second-order valence-electron chi connectivity index (χ2n) is 7.33. The third-order valence-electron chi connectivity index (χ3n) is 5.05. The molecule has 0 atom stereocenters. The van der Waals surface area contributed by atoms with Gasteiger partial charge >= 0.3 is 0 Å². The molecule has 0 spiro atoms. The lowest BCUT2D eigenvalue weighted by molar-refractivity contribution is -0.133. The fraction of sp³-hybridized carbons (Fsp3) is 0.476. The number of benzene rings is 1. The molecule has 3 rings (SSSR count). The number of carbonyl (C=O) groups is 2. The van der Waals surface area contributed by atoms with E-state index >= 15 is 0 Å². The van der Waals surface area contributed by atoms with E-state index < -0.39 is 0 Å². The van der Waals surface area contributed by atoms with Gasteiger partial charge in [0.25, 0.3) is 0 Å². The molecule has 1 aliphatic rings. The summed E-state index contributed by atoms with van der Waals surface area (Å²) >= 11 is 0. The van der Waals surface area contributed by atoms with E-state index in [0.29, 0.717) is 13.1 Å². The summed E-state index contributed by atoms with van der Waals surface area (Å²) in [7, 11) is 0. The number of nitrogens with zero attached hydrogens (tertiary/aromatic N) is 3. The van der Waals surface area contributed by atoms with Crippen molar-refractivity contribution in [3.8, 4) is 0 Å². The van der Waals surface area contributed by atoms with Gasteiger partial charge in [-0.25, -0.2) is 0 Å². The van der Waals surface area contributed by atoms with Crippen molar-refractivity contribution >= 4 is 11.7 Å². The number of Topliss-reactive ketones (excluding diaryl/α,β-unsaturated/α-hetero) is 1. The van der Waals surface area contributed by atoms with Crippen LogP contribution in [0, 0.1) is 20.8 Å². The molecule has 0 saturated carbocycles. The minimum atomic E-state index is 0.0459. The molecule has 0 bridgehead atoms. The zero-order chi connectivity index (χ0) is 19.4. The fourth-order valence-electron chi connectivity index (χ4n) is 3.43. The van der Waals surface area contributed by atoms with Crippen molar-refractivity contribution in [1.82, 2.24) is 15.0 Å². The van der Waals surface area contributed by atoms with E-state index in [1.165, 1.54) is 0 Å². The summed E-state index contributed by atoms with van der Waals surface area (Å²) < 4.78 is 5.10. The van der Waals surface area contributed by atoms with Crippen molar-refractivity contribution in [2.75, 3.05) is 26.2 Å². The van der Waals surface area contributed by atoms with Gasteiger partial charge in [-0.1, -0.05) is 22.9 Å². The molecule has 2 aromatic rings. The van der Waals surface area contributed by atoms with Crippen LogP contribution in [0.5, 0.6) is 0 Å². The molecular formula is C21H27N3O3. The Morgan fingerprint density at radius 3 is 2.44 bits per heavy atom. The van der Waals surface area contributed by atoms with Crippen LogP contribution in [0.25, 0.3) is 0 Å². The molecule has 1 amide bonds. The van der Waals surface area contributed by atoms with Gasteiger partial charge in [0.15, 0.2) is 5.78 Å². The number of amides is 1. The Labute approximate surface area is 160 Å². The molecule has 27 heavy (non-hydrogen) atoms. The van der Waals surface area contributed by atoms with Gasteiger partial charge < -0.3 is 9.42 Å². The number of rotatable bonds is 6. The summed E-state index contributed by atoms with van der Waals surface area (Å²) in [6.07, 6.45) is 0.538. The Kier molecular flexibility index (Phi) is 6.06. The smallest absolute Gasteiger partial charge is 0.223 e. The van der Waals surface area contributed by atoms with Crippen molar-refractivity contribution < 1.29 is 14.1 Å². The molecule has 1 aromatic heterocycles. The minimum Gasteiger partial charge on any atom is -0.361 e. The first kappa shape index (κ1) is 19.3. The lowest BCUT2D eigenvalue weighted by atomic mass is 9.99. The van der Waals surface area contributed by atoms with Crippen LogP contribution in [0.1, 0.15) is 45.8 Å². The average Bonchev–Trinajstić information content (AvgIpc) is 3.06. The van der Waals surface area contributed by atoms with E-state index in [0.717, 1.165) is 47.8 Å². The standard InChI is InChI=1S/C21H27N3O3/c1-15-4-5-16(2)19(12-15)20(25)6-7-21(26)24-10-8-23(9-11-24)14-18-13-17(3)27-22-18/h4-5,12-13H,6-11,14H2,1-3H3. The maximum Gasteiger partial charge on any atom is 0.223 e.